The van der Waals surface area contributed by atoms with Crippen molar-refractivity contribution < 1.29 is 22.3 Å². The van der Waals surface area contributed by atoms with Gasteiger partial charge < -0.3 is 14.5 Å². The highest BCUT2D eigenvalue weighted by atomic mass is 32.2. The molecule has 160 valence electrons. The van der Waals surface area contributed by atoms with Crippen LogP contribution < -0.4 is 10.1 Å². The Bertz CT molecular complexity index is 1120. The number of ether oxygens (including phenoxy) is 1. The van der Waals surface area contributed by atoms with Crippen molar-refractivity contribution >= 4 is 33.9 Å². The van der Waals surface area contributed by atoms with Crippen LogP contribution in [0.3, 0.4) is 0 Å². The molecule has 0 aliphatic heterocycles. The second-order valence-electron chi connectivity index (χ2n) is 6.11. The number of hydrogen-bond donors (Lipinski definition) is 1. The van der Waals surface area contributed by atoms with Gasteiger partial charge in [0.2, 0.25) is 16.9 Å². The summed E-state index contributed by atoms with van der Waals surface area (Å²) in [5.41, 5.74) is 1.65. The first-order chi connectivity index (χ1) is 14.9. The number of nitrogens with one attached hydrogen (secondary N) is 1. The van der Waals surface area contributed by atoms with Crippen molar-refractivity contribution in [1.82, 2.24) is 20.4 Å². The van der Waals surface area contributed by atoms with Crippen molar-refractivity contribution in [2.75, 3.05) is 5.32 Å². The van der Waals surface area contributed by atoms with Crippen molar-refractivity contribution in [3.05, 3.63) is 71.9 Å². The zero-order chi connectivity index (χ0) is 21.7. The lowest BCUT2D eigenvalue weighted by atomic mass is 10.2. The summed E-state index contributed by atoms with van der Waals surface area (Å²) in [7, 11) is 0. The van der Waals surface area contributed by atoms with Gasteiger partial charge in [0.25, 0.3) is 0 Å². The lowest BCUT2D eigenvalue weighted by Crippen LogP contribution is -2.16. The maximum atomic E-state index is 12.2. The standard InChI is InChI=1S/C19H14F3N5O2S2/c20-19(21,22)29-14-8-6-13(7-9-14)23-17-26-27-18(31-17)30-11-16-25-24-15(28-16)10-12-4-2-1-3-5-12/h1-9H,10-11H2,(H,23,26). The zero-order valence-electron chi connectivity index (χ0n) is 15.7. The molecule has 0 aliphatic rings. The van der Waals surface area contributed by atoms with Gasteiger partial charge in [-0.3, -0.25) is 0 Å². The van der Waals surface area contributed by atoms with E-state index < -0.39 is 6.36 Å². The van der Waals surface area contributed by atoms with Crippen molar-refractivity contribution in [2.24, 2.45) is 0 Å². The van der Waals surface area contributed by atoms with Crippen molar-refractivity contribution in [3.63, 3.8) is 0 Å². The van der Waals surface area contributed by atoms with Gasteiger partial charge >= 0.3 is 6.36 Å². The molecule has 0 aliphatic carbocycles. The lowest BCUT2D eigenvalue weighted by Gasteiger charge is -2.09. The number of halogens is 3. The van der Waals surface area contributed by atoms with Crippen LogP contribution in [-0.4, -0.2) is 26.8 Å². The van der Waals surface area contributed by atoms with Gasteiger partial charge in [0.05, 0.1) is 12.2 Å². The molecule has 2 heterocycles. The minimum absolute atomic E-state index is 0.294. The van der Waals surface area contributed by atoms with Crippen LogP contribution in [0, 0.1) is 0 Å². The van der Waals surface area contributed by atoms with E-state index in [1.54, 1.807) is 0 Å². The molecule has 2 aromatic heterocycles. The molecular formula is C19H14F3N5O2S2. The molecule has 4 aromatic rings. The second-order valence-corrected chi connectivity index (χ2v) is 8.31. The topological polar surface area (TPSA) is 86.0 Å². The first kappa shape index (κ1) is 21.1. The Kier molecular flexibility index (Phi) is 6.37. The smallest absolute Gasteiger partial charge is 0.424 e. The van der Waals surface area contributed by atoms with E-state index in [4.69, 9.17) is 4.42 Å². The van der Waals surface area contributed by atoms with E-state index in [1.807, 2.05) is 30.3 Å². The molecule has 0 radical (unpaired) electrons. The Morgan fingerprint density at radius 3 is 2.42 bits per heavy atom. The van der Waals surface area contributed by atoms with E-state index in [-0.39, 0.29) is 5.75 Å². The Morgan fingerprint density at radius 2 is 1.68 bits per heavy atom. The molecule has 0 fully saturated rings. The predicted molar refractivity (Wildman–Crippen MR) is 109 cm³/mol. The molecule has 31 heavy (non-hydrogen) atoms. The SMILES string of the molecule is FC(F)(F)Oc1ccc(Nc2nnc(SCc3nnc(Cc4ccccc4)o3)s2)cc1. The molecule has 7 nitrogen and oxygen atoms in total. The fraction of sp³-hybridized carbons (Fsp3) is 0.158. The Balaban J connectivity index is 1.28. The molecule has 12 heteroatoms. The van der Waals surface area contributed by atoms with E-state index in [9.17, 15) is 13.2 Å². The molecule has 0 bridgehead atoms. The molecule has 0 amide bonds. The minimum Gasteiger partial charge on any atom is -0.424 e. The number of rotatable bonds is 8. The molecule has 0 unspecified atom stereocenters. The summed E-state index contributed by atoms with van der Waals surface area (Å²) >= 11 is 2.70. The average molecular weight is 465 g/mol. The van der Waals surface area contributed by atoms with E-state index in [2.05, 4.69) is 30.4 Å². The number of thioether (sulfide) groups is 1. The number of nitrogens with zero attached hydrogens (tertiary/aromatic N) is 4. The highest BCUT2D eigenvalue weighted by molar-refractivity contribution is 8.00. The third kappa shape index (κ3) is 6.43. The van der Waals surface area contributed by atoms with Crippen LogP contribution >= 0.6 is 23.1 Å². The number of benzene rings is 2. The molecular weight excluding hydrogens is 451 g/mol. The van der Waals surface area contributed by atoms with Gasteiger partial charge in [0, 0.05) is 5.69 Å². The third-order valence-electron chi connectivity index (χ3n) is 3.77. The van der Waals surface area contributed by atoms with Crippen molar-refractivity contribution in [2.45, 2.75) is 22.9 Å². The van der Waals surface area contributed by atoms with E-state index in [1.165, 1.54) is 47.4 Å². The molecule has 1 N–H and O–H groups in total. The summed E-state index contributed by atoms with van der Waals surface area (Å²) in [6, 6.07) is 15.2. The van der Waals surface area contributed by atoms with Gasteiger partial charge in [0.1, 0.15) is 5.75 Å². The molecule has 0 spiro atoms. The van der Waals surface area contributed by atoms with Crippen LogP contribution in [0.2, 0.25) is 0 Å². The first-order valence-electron chi connectivity index (χ1n) is 8.87. The van der Waals surface area contributed by atoms with E-state index in [0.717, 1.165) is 5.56 Å². The predicted octanol–water partition coefficient (Wildman–Crippen LogP) is 5.45. The first-order valence-corrected chi connectivity index (χ1v) is 10.7. The van der Waals surface area contributed by atoms with Gasteiger partial charge in [-0.2, -0.15) is 0 Å². The Labute approximate surface area is 182 Å². The summed E-state index contributed by atoms with van der Waals surface area (Å²) in [5, 5.41) is 19.7. The quantitative estimate of drug-likeness (QED) is 0.344. The summed E-state index contributed by atoms with van der Waals surface area (Å²) in [6.07, 6.45) is -4.15. The number of anilines is 2. The second kappa shape index (κ2) is 9.35. The van der Waals surface area contributed by atoms with Crippen LogP contribution in [0.4, 0.5) is 24.0 Å². The van der Waals surface area contributed by atoms with Crippen LogP contribution in [0.15, 0.2) is 63.4 Å². The Morgan fingerprint density at radius 1 is 0.935 bits per heavy atom. The highest BCUT2D eigenvalue weighted by Crippen LogP contribution is 2.30. The van der Waals surface area contributed by atoms with Gasteiger partial charge in [-0.05, 0) is 29.8 Å². The van der Waals surface area contributed by atoms with E-state index in [0.29, 0.717) is 39.1 Å². The van der Waals surface area contributed by atoms with Gasteiger partial charge in [-0.15, -0.1) is 33.6 Å². The summed E-state index contributed by atoms with van der Waals surface area (Å²) in [6.45, 7) is 0. The monoisotopic (exact) mass is 465 g/mol. The minimum atomic E-state index is -4.72. The van der Waals surface area contributed by atoms with Crippen LogP contribution in [-0.2, 0) is 12.2 Å². The fourth-order valence-electron chi connectivity index (χ4n) is 2.49. The van der Waals surface area contributed by atoms with Crippen molar-refractivity contribution in [3.8, 4) is 5.75 Å². The Hall–Kier alpha value is -3.12. The number of alkyl halides is 3. The van der Waals surface area contributed by atoms with Crippen molar-refractivity contribution in [1.29, 1.82) is 0 Å². The molecule has 4 rings (SSSR count). The van der Waals surface area contributed by atoms with Crippen LogP contribution in [0.1, 0.15) is 17.3 Å². The average Bonchev–Trinajstić information content (AvgIpc) is 3.37. The summed E-state index contributed by atoms with van der Waals surface area (Å²) in [4.78, 5) is 0. The van der Waals surface area contributed by atoms with Gasteiger partial charge in [-0.1, -0.05) is 53.4 Å². The maximum absolute atomic E-state index is 12.2. The lowest BCUT2D eigenvalue weighted by molar-refractivity contribution is -0.274. The summed E-state index contributed by atoms with van der Waals surface area (Å²) < 4.78 is 46.8. The number of hydrogen-bond acceptors (Lipinski definition) is 9. The van der Waals surface area contributed by atoms with Gasteiger partial charge in [-0.25, -0.2) is 0 Å². The van der Waals surface area contributed by atoms with Crippen LogP contribution in [0.25, 0.3) is 0 Å². The maximum Gasteiger partial charge on any atom is 0.573 e. The fourth-order valence-corrected chi connectivity index (χ4v) is 4.10. The molecule has 0 saturated carbocycles. The molecule has 0 saturated heterocycles. The third-order valence-corrected chi connectivity index (χ3v) is 5.73. The largest absolute Gasteiger partial charge is 0.573 e. The normalized spacial score (nSPS) is 11.5. The number of aromatic nitrogens is 4. The zero-order valence-corrected chi connectivity index (χ0v) is 17.3. The van der Waals surface area contributed by atoms with Gasteiger partial charge in [0.15, 0.2) is 4.34 Å². The van der Waals surface area contributed by atoms with E-state index >= 15 is 0 Å². The highest BCUT2D eigenvalue weighted by Gasteiger charge is 2.30. The molecule has 2 aromatic carbocycles. The molecule has 0 atom stereocenters. The van der Waals surface area contributed by atoms with Crippen LogP contribution in [0.5, 0.6) is 5.75 Å². The summed E-state index contributed by atoms with van der Waals surface area (Å²) in [5.74, 6) is 1.18.